The second kappa shape index (κ2) is 6.08. The molecule has 0 unspecified atom stereocenters. The molecule has 6 heteroatoms. The van der Waals surface area contributed by atoms with Crippen LogP contribution in [0.25, 0.3) is 0 Å². The lowest BCUT2D eigenvalue weighted by molar-refractivity contribution is 0.262. The summed E-state index contributed by atoms with van der Waals surface area (Å²) < 4.78 is 1.55. The monoisotopic (exact) mass is 383 g/mol. The van der Waals surface area contributed by atoms with Gasteiger partial charge in [-0.1, -0.05) is 34.1 Å². The van der Waals surface area contributed by atoms with E-state index in [-0.39, 0.29) is 6.03 Å². The second-order valence-electron chi connectivity index (χ2n) is 3.80. The molecule has 0 bridgehead atoms. The second-order valence-corrected chi connectivity index (χ2v) is 5.57. The standard InChI is InChI=1S/C13H11Br2N3O/c14-8-6-10(15)12(11(16)7-8)18-13(19)17-9-4-2-1-3-5-9/h1-7H,16H2,(H2,17,18,19). The maximum absolute atomic E-state index is 11.9. The predicted molar refractivity (Wildman–Crippen MR) is 85.3 cm³/mol. The van der Waals surface area contributed by atoms with Gasteiger partial charge < -0.3 is 16.4 Å². The van der Waals surface area contributed by atoms with Crippen molar-refractivity contribution in [1.29, 1.82) is 0 Å². The normalized spacial score (nSPS) is 10.0. The van der Waals surface area contributed by atoms with Crippen molar-refractivity contribution in [3.63, 3.8) is 0 Å². The molecular weight excluding hydrogens is 374 g/mol. The summed E-state index contributed by atoms with van der Waals surface area (Å²) in [4.78, 5) is 11.9. The van der Waals surface area contributed by atoms with Crippen LogP contribution in [0.5, 0.6) is 0 Å². The highest BCUT2D eigenvalue weighted by Crippen LogP contribution is 2.32. The van der Waals surface area contributed by atoms with E-state index in [1.54, 1.807) is 18.2 Å². The van der Waals surface area contributed by atoms with E-state index in [1.165, 1.54) is 0 Å². The number of para-hydroxylation sites is 1. The molecule has 0 aliphatic heterocycles. The van der Waals surface area contributed by atoms with E-state index in [0.29, 0.717) is 21.5 Å². The van der Waals surface area contributed by atoms with Crippen molar-refractivity contribution >= 4 is 55.0 Å². The van der Waals surface area contributed by atoms with E-state index >= 15 is 0 Å². The van der Waals surface area contributed by atoms with Gasteiger partial charge in [0.2, 0.25) is 0 Å². The maximum atomic E-state index is 11.9. The van der Waals surface area contributed by atoms with Gasteiger partial charge in [0.15, 0.2) is 0 Å². The quantitative estimate of drug-likeness (QED) is 0.670. The molecule has 0 radical (unpaired) electrons. The zero-order valence-electron chi connectivity index (χ0n) is 9.78. The van der Waals surface area contributed by atoms with Crippen molar-refractivity contribution in [2.45, 2.75) is 0 Å². The number of nitrogen functional groups attached to an aromatic ring is 1. The molecular formula is C13H11Br2N3O. The average molecular weight is 385 g/mol. The Hall–Kier alpha value is -1.53. The highest BCUT2D eigenvalue weighted by molar-refractivity contribution is 9.11. The molecule has 0 aromatic heterocycles. The van der Waals surface area contributed by atoms with E-state index in [1.807, 2.05) is 24.3 Å². The minimum atomic E-state index is -0.346. The predicted octanol–water partition coefficient (Wildman–Crippen LogP) is 4.44. The zero-order valence-corrected chi connectivity index (χ0v) is 13.0. The number of nitrogens with two attached hydrogens (primary N) is 1. The first-order valence-electron chi connectivity index (χ1n) is 5.44. The number of nitrogens with one attached hydrogen (secondary N) is 2. The van der Waals surface area contributed by atoms with E-state index < -0.39 is 0 Å². The van der Waals surface area contributed by atoms with Gasteiger partial charge in [-0.3, -0.25) is 0 Å². The fourth-order valence-corrected chi connectivity index (χ4v) is 2.88. The SMILES string of the molecule is Nc1cc(Br)cc(Br)c1NC(=O)Nc1ccccc1. The van der Waals surface area contributed by atoms with Crippen molar-refractivity contribution < 1.29 is 4.79 Å². The van der Waals surface area contributed by atoms with Crippen molar-refractivity contribution in [3.8, 4) is 0 Å². The molecule has 2 aromatic rings. The van der Waals surface area contributed by atoms with Gasteiger partial charge in [-0.2, -0.15) is 0 Å². The number of anilines is 3. The van der Waals surface area contributed by atoms with Crippen LogP contribution in [0, 0.1) is 0 Å². The summed E-state index contributed by atoms with van der Waals surface area (Å²) in [5.74, 6) is 0. The molecule has 0 spiro atoms. The number of benzene rings is 2. The third-order valence-corrected chi connectivity index (χ3v) is 3.44. The van der Waals surface area contributed by atoms with Gasteiger partial charge in [0, 0.05) is 14.6 Å². The minimum Gasteiger partial charge on any atom is -0.397 e. The van der Waals surface area contributed by atoms with Crippen LogP contribution in [-0.4, -0.2) is 6.03 Å². The molecule has 2 amide bonds. The molecule has 0 aliphatic carbocycles. The Morgan fingerprint density at radius 1 is 1.05 bits per heavy atom. The maximum Gasteiger partial charge on any atom is 0.323 e. The summed E-state index contributed by atoms with van der Waals surface area (Å²) in [7, 11) is 0. The van der Waals surface area contributed by atoms with Crippen molar-refractivity contribution in [3.05, 3.63) is 51.4 Å². The first-order chi connectivity index (χ1) is 9.06. The van der Waals surface area contributed by atoms with E-state index in [4.69, 9.17) is 5.73 Å². The number of carbonyl (C=O) groups is 1. The van der Waals surface area contributed by atoms with Gasteiger partial charge in [-0.05, 0) is 40.2 Å². The zero-order chi connectivity index (χ0) is 13.8. The fourth-order valence-electron chi connectivity index (χ4n) is 1.52. The summed E-state index contributed by atoms with van der Waals surface area (Å²) >= 11 is 6.69. The van der Waals surface area contributed by atoms with Gasteiger partial charge in [0.05, 0.1) is 11.4 Å². The Morgan fingerprint density at radius 3 is 2.37 bits per heavy atom. The van der Waals surface area contributed by atoms with Gasteiger partial charge in [-0.25, -0.2) is 4.79 Å². The van der Waals surface area contributed by atoms with Crippen LogP contribution in [0.3, 0.4) is 0 Å². The van der Waals surface area contributed by atoms with Crippen LogP contribution in [0.2, 0.25) is 0 Å². The van der Waals surface area contributed by atoms with Crippen LogP contribution in [-0.2, 0) is 0 Å². The lowest BCUT2D eigenvalue weighted by Crippen LogP contribution is -2.20. The molecule has 0 saturated carbocycles. The first-order valence-corrected chi connectivity index (χ1v) is 7.02. The van der Waals surface area contributed by atoms with Gasteiger partial charge in [0.25, 0.3) is 0 Å². The van der Waals surface area contributed by atoms with Gasteiger partial charge >= 0.3 is 6.03 Å². The molecule has 98 valence electrons. The number of urea groups is 1. The summed E-state index contributed by atoms with van der Waals surface area (Å²) in [6.07, 6.45) is 0. The molecule has 0 fully saturated rings. The van der Waals surface area contributed by atoms with Gasteiger partial charge in [-0.15, -0.1) is 0 Å². The molecule has 2 rings (SSSR count). The Kier molecular flexibility index (Phi) is 4.44. The highest BCUT2D eigenvalue weighted by Gasteiger charge is 2.10. The Labute approximate surface area is 127 Å². The van der Waals surface area contributed by atoms with Crippen LogP contribution in [0.4, 0.5) is 21.9 Å². The molecule has 19 heavy (non-hydrogen) atoms. The summed E-state index contributed by atoms with van der Waals surface area (Å²) in [6, 6.07) is 12.4. The molecule has 0 aliphatic rings. The Balaban J connectivity index is 2.12. The summed E-state index contributed by atoms with van der Waals surface area (Å²) in [5, 5.41) is 5.43. The number of rotatable bonds is 2. The number of hydrogen-bond acceptors (Lipinski definition) is 2. The number of halogens is 2. The smallest absolute Gasteiger partial charge is 0.323 e. The van der Waals surface area contributed by atoms with Crippen molar-refractivity contribution in [2.75, 3.05) is 16.4 Å². The van der Waals surface area contributed by atoms with Crippen LogP contribution in [0.15, 0.2) is 51.4 Å². The van der Waals surface area contributed by atoms with Crippen LogP contribution in [0.1, 0.15) is 0 Å². The summed E-state index contributed by atoms with van der Waals surface area (Å²) in [5.41, 5.74) is 7.59. The molecule has 0 saturated heterocycles. The van der Waals surface area contributed by atoms with Gasteiger partial charge in [0.1, 0.15) is 0 Å². The van der Waals surface area contributed by atoms with Crippen molar-refractivity contribution in [1.82, 2.24) is 0 Å². The summed E-state index contributed by atoms with van der Waals surface area (Å²) in [6.45, 7) is 0. The first kappa shape index (κ1) is 13.9. The van der Waals surface area contributed by atoms with E-state index in [2.05, 4.69) is 42.5 Å². The lowest BCUT2D eigenvalue weighted by atomic mass is 10.3. The minimum absolute atomic E-state index is 0.346. The fraction of sp³-hybridized carbons (Fsp3) is 0. The molecule has 4 N–H and O–H groups in total. The molecule has 0 heterocycles. The van der Waals surface area contributed by atoms with E-state index in [0.717, 1.165) is 4.47 Å². The van der Waals surface area contributed by atoms with Crippen LogP contribution < -0.4 is 16.4 Å². The third kappa shape index (κ3) is 3.71. The highest BCUT2D eigenvalue weighted by atomic mass is 79.9. The number of amides is 2. The largest absolute Gasteiger partial charge is 0.397 e. The number of hydrogen-bond donors (Lipinski definition) is 3. The van der Waals surface area contributed by atoms with E-state index in [9.17, 15) is 4.79 Å². The number of carbonyl (C=O) groups excluding carboxylic acids is 1. The average Bonchev–Trinajstić information content (AvgIpc) is 2.35. The third-order valence-electron chi connectivity index (χ3n) is 2.36. The molecule has 4 nitrogen and oxygen atoms in total. The topological polar surface area (TPSA) is 67.1 Å². The lowest BCUT2D eigenvalue weighted by Gasteiger charge is -2.12. The molecule has 0 atom stereocenters. The Bertz CT molecular complexity index is 579. The van der Waals surface area contributed by atoms with Crippen molar-refractivity contribution in [2.24, 2.45) is 0 Å². The van der Waals surface area contributed by atoms with Crippen LogP contribution >= 0.6 is 31.9 Å². The Morgan fingerprint density at radius 2 is 1.74 bits per heavy atom. The molecule has 2 aromatic carbocycles.